The fourth-order valence-corrected chi connectivity index (χ4v) is 1.99. The molecule has 0 fully saturated rings. The Labute approximate surface area is 79.8 Å². The standard InChI is InChI=1S/C8H9NOS2/c1-6-3-7(2)5-8(4-6)11-9-12-10/h3-5H,1-2H3. The van der Waals surface area contributed by atoms with Gasteiger partial charge in [0.25, 0.3) is 0 Å². The summed E-state index contributed by atoms with van der Waals surface area (Å²) in [7, 11) is 0. The highest BCUT2D eigenvalue weighted by molar-refractivity contribution is 8.00. The van der Waals surface area contributed by atoms with E-state index in [9.17, 15) is 4.21 Å². The van der Waals surface area contributed by atoms with Gasteiger partial charge in [-0.25, -0.2) is 0 Å². The molecule has 0 saturated carbocycles. The molecule has 0 aromatic heterocycles. The molecule has 0 spiro atoms. The second-order valence-electron chi connectivity index (χ2n) is 2.56. The van der Waals surface area contributed by atoms with Crippen LogP contribution in [0.1, 0.15) is 11.1 Å². The summed E-state index contributed by atoms with van der Waals surface area (Å²) in [5.41, 5.74) is 2.40. The van der Waals surface area contributed by atoms with Crippen LogP contribution in [0.25, 0.3) is 0 Å². The first-order valence-electron chi connectivity index (χ1n) is 3.47. The molecule has 0 saturated heterocycles. The zero-order valence-corrected chi connectivity index (χ0v) is 8.54. The molecular formula is C8H9NOS2. The van der Waals surface area contributed by atoms with Crippen LogP contribution < -0.4 is 0 Å². The molecule has 4 heteroatoms. The van der Waals surface area contributed by atoms with Crippen LogP contribution in [0.2, 0.25) is 0 Å². The van der Waals surface area contributed by atoms with Crippen LogP contribution in [0.5, 0.6) is 0 Å². The molecule has 0 atom stereocenters. The zero-order chi connectivity index (χ0) is 8.97. The largest absolute Gasteiger partial charge is 0.212 e. The normalized spacial score (nSPS) is 9.50. The van der Waals surface area contributed by atoms with E-state index in [-0.39, 0.29) is 11.5 Å². The molecule has 12 heavy (non-hydrogen) atoms. The molecule has 64 valence electrons. The number of hydrogen-bond acceptors (Lipinski definition) is 3. The van der Waals surface area contributed by atoms with Crippen LogP contribution in [0.3, 0.4) is 0 Å². The lowest BCUT2D eigenvalue weighted by Gasteiger charge is -1.98. The number of aryl methyl sites for hydroxylation is 2. The molecule has 0 bridgehead atoms. The van der Waals surface area contributed by atoms with Gasteiger partial charge in [0.1, 0.15) is 0 Å². The maximum atomic E-state index is 10.0. The summed E-state index contributed by atoms with van der Waals surface area (Å²) in [5, 5.41) is 0. The maximum Gasteiger partial charge on any atom is 0.212 e. The first-order chi connectivity index (χ1) is 5.72. The number of rotatable bonds is 2. The molecule has 0 heterocycles. The van der Waals surface area contributed by atoms with Crippen LogP contribution in [0.4, 0.5) is 0 Å². The summed E-state index contributed by atoms with van der Waals surface area (Å²) in [4.78, 5) is 1.02. The van der Waals surface area contributed by atoms with Gasteiger partial charge in [-0.2, -0.15) is 4.21 Å². The third-order valence-electron chi connectivity index (χ3n) is 1.37. The third kappa shape index (κ3) is 2.79. The van der Waals surface area contributed by atoms with Crippen LogP contribution in [0.15, 0.2) is 26.9 Å². The Morgan fingerprint density at radius 2 is 1.75 bits per heavy atom. The van der Waals surface area contributed by atoms with Crippen molar-refractivity contribution in [3.63, 3.8) is 0 Å². The number of hydrogen-bond donors (Lipinski definition) is 0. The van der Waals surface area contributed by atoms with Crippen molar-refractivity contribution >= 4 is 23.4 Å². The van der Waals surface area contributed by atoms with E-state index < -0.39 is 0 Å². The first kappa shape index (κ1) is 9.48. The molecule has 0 N–H and O–H groups in total. The third-order valence-corrected chi connectivity index (χ3v) is 2.36. The van der Waals surface area contributed by atoms with Crippen LogP contribution in [-0.2, 0) is 11.5 Å². The second kappa shape index (κ2) is 4.42. The minimum atomic E-state index is 0.246. The lowest BCUT2D eigenvalue weighted by Crippen LogP contribution is -1.77. The number of nitrogens with zero attached hydrogens (tertiary/aromatic N) is 1. The molecule has 0 unspecified atom stereocenters. The van der Waals surface area contributed by atoms with E-state index in [0.29, 0.717) is 0 Å². The molecule has 2 nitrogen and oxygen atoms in total. The summed E-state index contributed by atoms with van der Waals surface area (Å²) >= 11 is 1.47. The van der Waals surface area contributed by atoms with E-state index in [1.54, 1.807) is 0 Å². The van der Waals surface area contributed by atoms with Crippen molar-refractivity contribution < 1.29 is 4.21 Å². The van der Waals surface area contributed by atoms with E-state index >= 15 is 0 Å². The van der Waals surface area contributed by atoms with Gasteiger partial charge < -0.3 is 0 Å². The summed E-state index contributed by atoms with van der Waals surface area (Å²) in [6.07, 6.45) is 0. The Kier molecular flexibility index (Phi) is 3.49. The fraction of sp³-hybridized carbons (Fsp3) is 0.250. The molecule has 0 amide bonds. The Balaban J connectivity index is 2.92. The van der Waals surface area contributed by atoms with Crippen molar-refractivity contribution in [3.05, 3.63) is 29.3 Å². The maximum absolute atomic E-state index is 10.0. The first-order valence-corrected chi connectivity index (χ1v) is 4.94. The fourth-order valence-electron chi connectivity index (χ4n) is 1.04. The number of benzene rings is 1. The highest BCUT2D eigenvalue weighted by Crippen LogP contribution is 2.21. The molecule has 1 aromatic carbocycles. The van der Waals surface area contributed by atoms with Crippen molar-refractivity contribution in [2.24, 2.45) is 3.77 Å². The molecule has 1 aromatic rings. The predicted molar refractivity (Wildman–Crippen MR) is 52.3 cm³/mol. The van der Waals surface area contributed by atoms with Gasteiger partial charge >= 0.3 is 0 Å². The van der Waals surface area contributed by atoms with Gasteiger partial charge in [-0.15, -0.1) is 3.77 Å². The van der Waals surface area contributed by atoms with Crippen LogP contribution >= 0.6 is 11.9 Å². The van der Waals surface area contributed by atoms with E-state index in [4.69, 9.17) is 0 Å². The van der Waals surface area contributed by atoms with Gasteiger partial charge in [0.2, 0.25) is 11.5 Å². The summed E-state index contributed by atoms with van der Waals surface area (Å²) in [5.74, 6) is 0. The highest BCUT2D eigenvalue weighted by atomic mass is 32.2. The predicted octanol–water partition coefficient (Wildman–Crippen LogP) is 2.71. The minimum absolute atomic E-state index is 0.246. The highest BCUT2D eigenvalue weighted by Gasteiger charge is 1.94. The summed E-state index contributed by atoms with van der Waals surface area (Å²) < 4.78 is 13.6. The van der Waals surface area contributed by atoms with Crippen LogP contribution in [-0.4, -0.2) is 4.21 Å². The van der Waals surface area contributed by atoms with E-state index in [1.165, 1.54) is 23.1 Å². The average Bonchev–Trinajstić information content (AvgIpc) is 1.99. The SMILES string of the molecule is Cc1cc(C)cc(SN=S=O)c1. The van der Waals surface area contributed by atoms with E-state index in [1.807, 2.05) is 26.0 Å². The topological polar surface area (TPSA) is 29.4 Å². The van der Waals surface area contributed by atoms with Gasteiger partial charge in [-0.1, -0.05) is 6.07 Å². The Morgan fingerprint density at radius 1 is 1.17 bits per heavy atom. The van der Waals surface area contributed by atoms with Gasteiger partial charge in [0.15, 0.2) is 0 Å². The smallest absolute Gasteiger partial charge is 0.190 e. The molecular weight excluding hydrogens is 190 g/mol. The van der Waals surface area contributed by atoms with Crippen molar-refractivity contribution in [3.8, 4) is 0 Å². The quantitative estimate of drug-likeness (QED) is 0.685. The van der Waals surface area contributed by atoms with Crippen molar-refractivity contribution in [1.29, 1.82) is 0 Å². The van der Waals surface area contributed by atoms with Gasteiger partial charge in [-0.3, -0.25) is 0 Å². The zero-order valence-electron chi connectivity index (χ0n) is 6.90. The molecule has 0 aliphatic rings. The van der Waals surface area contributed by atoms with E-state index in [2.05, 4.69) is 9.83 Å². The molecule has 1 rings (SSSR count). The second-order valence-corrected chi connectivity index (χ2v) is 3.96. The Morgan fingerprint density at radius 3 is 2.25 bits per heavy atom. The van der Waals surface area contributed by atoms with Crippen molar-refractivity contribution in [2.75, 3.05) is 0 Å². The van der Waals surface area contributed by atoms with Crippen LogP contribution in [0, 0.1) is 13.8 Å². The van der Waals surface area contributed by atoms with Gasteiger partial charge in [0.05, 0.1) is 0 Å². The van der Waals surface area contributed by atoms with E-state index in [0.717, 1.165) is 4.90 Å². The molecule has 0 aliphatic heterocycles. The minimum Gasteiger partial charge on any atom is -0.190 e. The van der Waals surface area contributed by atoms with Gasteiger partial charge in [-0.05, 0) is 37.1 Å². The van der Waals surface area contributed by atoms with Gasteiger partial charge in [0, 0.05) is 16.8 Å². The Hall–Kier alpha value is -0.610. The summed E-state index contributed by atoms with van der Waals surface area (Å²) in [6.45, 7) is 4.06. The molecule has 0 radical (unpaired) electrons. The van der Waals surface area contributed by atoms with Crippen molar-refractivity contribution in [1.82, 2.24) is 0 Å². The lowest BCUT2D eigenvalue weighted by atomic mass is 10.2. The molecule has 0 aliphatic carbocycles. The Bertz CT molecular complexity index is 312. The monoisotopic (exact) mass is 199 g/mol. The lowest BCUT2D eigenvalue weighted by molar-refractivity contribution is 0.699. The summed E-state index contributed by atoms with van der Waals surface area (Å²) in [6, 6.07) is 6.11. The van der Waals surface area contributed by atoms with Crippen molar-refractivity contribution in [2.45, 2.75) is 18.7 Å². The average molecular weight is 199 g/mol.